The summed E-state index contributed by atoms with van der Waals surface area (Å²) in [5.74, 6) is 0.485. The highest BCUT2D eigenvalue weighted by Gasteiger charge is 2.24. The highest BCUT2D eigenvalue weighted by Crippen LogP contribution is 2.10. The molecule has 88 valence electrons. The van der Waals surface area contributed by atoms with Crippen LogP contribution in [0, 0.1) is 17.2 Å². The summed E-state index contributed by atoms with van der Waals surface area (Å²) in [5.41, 5.74) is -0.556. The fourth-order valence-corrected chi connectivity index (χ4v) is 1.01. The first-order valence-electron chi connectivity index (χ1n) is 5.73. The number of hydrogen-bond donors (Lipinski definition) is 1. The Kier molecular flexibility index (Phi) is 6.55. The third-order valence-electron chi connectivity index (χ3n) is 2.59. The van der Waals surface area contributed by atoms with Gasteiger partial charge < -0.3 is 4.74 Å². The molecule has 0 aliphatic rings. The Morgan fingerprint density at radius 2 is 2.00 bits per heavy atom. The van der Waals surface area contributed by atoms with Crippen LogP contribution in [0.1, 0.15) is 41.0 Å². The lowest BCUT2D eigenvalue weighted by molar-refractivity contribution is 0.0122. The van der Waals surface area contributed by atoms with Crippen LogP contribution in [-0.2, 0) is 4.74 Å². The third-order valence-corrected chi connectivity index (χ3v) is 2.59. The van der Waals surface area contributed by atoms with Gasteiger partial charge in [-0.3, -0.25) is 5.32 Å². The normalized spacial score (nSPS) is 17.1. The molecule has 0 aromatic carbocycles. The third kappa shape index (κ3) is 5.76. The molecule has 0 fully saturated rings. The lowest BCUT2D eigenvalue weighted by Crippen LogP contribution is -2.46. The van der Waals surface area contributed by atoms with Gasteiger partial charge >= 0.3 is 0 Å². The Morgan fingerprint density at radius 1 is 1.40 bits per heavy atom. The zero-order chi connectivity index (χ0) is 11.9. The standard InChI is InChI=1S/C12H24N2O/c1-6-7-14-12(5,8-13)9-15-11(4)10(2)3/h10-11,14H,6-7,9H2,1-5H3. The quantitative estimate of drug-likeness (QED) is 0.704. The van der Waals surface area contributed by atoms with Crippen molar-refractivity contribution in [3.05, 3.63) is 0 Å². The van der Waals surface area contributed by atoms with Crippen LogP contribution in [0.3, 0.4) is 0 Å². The smallest absolute Gasteiger partial charge is 0.127 e. The molecule has 2 unspecified atom stereocenters. The van der Waals surface area contributed by atoms with Gasteiger partial charge in [-0.25, -0.2) is 0 Å². The topological polar surface area (TPSA) is 45.0 Å². The molecule has 0 aliphatic heterocycles. The Hall–Kier alpha value is -0.590. The maximum Gasteiger partial charge on any atom is 0.127 e. The van der Waals surface area contributed by atoms with E-state index in [0.717, 1.165) is 13.0 Å². The Balaban J connectivity index is 4.04. The summed E-state index contributed by atoms with van der Waals surface area (Å²) in [6, 6.07) is 2.27. The molecule has 0 heterocycles. The van der Waals surface area contributed by atoms with Gasteiger partial charge in [-0.1, -0.05) is 20.8 Å². The molecule has 0 radical (unpaired) electrons. The van der Waals surface area contributed by atoms with Crippen LogP contribution in [-0.4, -0.2) is 24.8 Å². The molecule has 15 heavy (non-hydrogen) atoms. The van der Waals surface area contributed by atoms with Gasteiger partial charge in [-0.2, -0.15) is 5.26 Å². The molecule has 0 aliphatic carbocycles. The minimum Gasteiger partial charge on any atom is -0.375 e. The predicted molar refractivity (Wildman–Crippen MR) is 62.6 cm³/mol. The summed E-state index contributed by atoms with van der Waals surface area (Å²) in [5, 5.41) is 12.3. The molecule has 0 amide bonds. The van der Waals surface area contributed by atoms with Crippen molar-refractivity contribution in [2.45, 2.75) is 52.7 Å². The molecule has 0 saturated carbocycles. The van der Waals surface area contributed by atoms with Crippen molar-refractivity contribution >= 4 is 0 Å². The molecule has 0 aromatic rings. The second kappa shape index (κ2) is 6.81. The molecule has 0 saturated heterocycles. The number of nitriles is 1. The summed E-state index contributed by atoms with van der Waals surface area (Å²) in [6.07, 6.45) is 1.22. The van der Waals surface area contributed by atoms with Gasteiger partial charge in [0.1, 0.15) is 5.54 Å². The van der Waals surface area contributed by atoms with E-state index in [1.54, 1.807) is 0 Å². The van der Waals surface area contributed by atoms with E-state index in [0.29, 0.717) is 12.5 Å². The fraction of sp³-hybridized carbons (Fsp3) is 0.917. The lowest BCUT2D eigenvalue weighted by atomic mass is 10.1. The summed E-state index contributed by atoms with van der Waals surface area (Å²) in [7, 11) is 0. The van der Waals surface area contributed by atoms with Gasteiger partial charge in [-0.15, -0.1) is 0 Å². The molecule has 1 N–H and O–H groups in total. The van der Waals surface area contributed by atoms with Crippen molar-refractivity contribution in [3.63, 3.8) is 0 Å². The minimum atomic E-state index is -0.556. The fourth-order valence-electron chi connectivity index (χ4n) is 1.01. The van der Waals surface area contributed by atoms with E-state index in [-0.39, 0.29) is 6.10 Å². The molecule has 0 rings (SSSR count). The summed E-state index contributed by atoms with van der Waals surface area (Å²) < 4.78 is 5.67. The average molecular weight is 212 g/mol. The van der Waals surface area contributed by atoms with Crippen LogP contribution in [0.25, 0.3) is 0 Å². The first-order chi connectivity index (χ1) is 6.95. The van der Waals surface area contributed by atoms with Gasteiger partial charge in [-0.05, 0) is 32.7 Å². The first-order valence-corrected chi connectivity index (χ1v) is 5.73. The van der Waals surface area contributed by atoms with Crippen LogP contribution in [0.2, 0.25) is 0 Å². The second-order valence-corrected chi connectivity index (χ2v) is 4.63. The zero-order valence-corrected chi connectivity index (χ0v) is 10.6. The van der Waals surface area contributed by atoms with E-state index in [1.807, 2.05) is 13.8 Å². The maximum absolute atomic E-state index is 9.07. The van der Waals surface area contributed by atoms with Crippen LogP contribution in [0.4, 0.5) is 0 Å². The largest absolute Gasteiger partial charge is 0.375 e. The molecular weight excluding hydrogens is 188 g/mol. The van der Waals surface area contributed by atoms with Gasteiger partial charge in [0.25, 0.3) is 0 Å². The number of ether oxygens (including phenoxy) is 1. The minimum absolute atomic E-state index is 0.195. The second-order valence-electron chi connectivity index (χ2n) is 4.63. The maximum atomic E-state index is 9.07. The van der Waals surface area contributed by atoms with Crippen molar-refractivity contribution in [1.29, 1.82) is 5.26 Å². The monoisotopic (exact) mass is 212 g/mol. The number of nitrogens with zero attached hydrogens (tertiary/aromatic N) is 1. The van der Waals surface area contributed by atoms with Crippen LogP contribution >= 0.6 is 0 Å². The van der Waals surface area contributed by atoms with Crippen molar-refractivity contribution < 1.29 is 4.74 Å². The van der Waals surface area contributed by atoms with Gasteiger partial charge in [0, 0.05) is 0 Å². The van der Waals surface area contributed by atoms with Crippen molar-refractivity contribution in [3.8, 4) is 6.07 Å². The Bertz CT molecular complexity index is 210. The highest BCUT2D eigenvalue weighted by molar-refractivity contribution is 5.03. The SMILES string of the molecule is CCCNC(C)(C#N)COC(C)C(C)C. The summed E-state index contributed by atoms with van der Waals surface area (Å²) in [4.78, 5) is 0. The van der Waals surface area contributed by atoms with E-state index < -0.39 is 5.54 Å². The Labute approximate surface area is 93.8 Å². The average Bonchev–Trinajstić information content (AvgIpc) is 2.22. The molecule has 0 aromatic heterocycles. The highest BCUT2D eigenvalue weighted by atomic mass is 16.5. The van der Waals surface area contributed by atoms with Crippen LogP contribution in [0.15, 0.2) is 0 Å². The van der Waals surface area contributed by atoms with E-state index in [4.69, 9.17) is 10.00 Å². The van der Waals surface area contributed by atoms with Crippen molar-refractivity contribution in [2.24, 2.45) is 5.92 Å². The lowest BCUT2D eigenvalue weighted by Gasteiger charge is -2.26. The van der Waals surface area contributed by atoms with Crippen LogP contribution < -0.4 is 5.32 Å². The number of nitrogens with one attached hydrogen (secondary N) is 1. The molecule has 0 bridgehead atoms. The molecule has 3 nitrogen and oxygen atoms in total. The van der Waals surface area contributed by atoms with Gasteiger partial charge in [0.15, 0.2) is 0 Å². The van der Waals surface area contributed by atoms with Crippen molar-refractivity contribution in [1.82, 2.24) is 5.32 Å². The zero-order valence-electron chi connectivity index (χ0n) is 10.6. The van der Waals surface area contributed by atoms with E-state index in [1.165, 1.54) is 0 Å². The van der Waals surface area contributed by atoms with Gasteiger partial charge in [0.2, 0.25) is 0 Å². The summed E-state index contributed by atoms with van der Waals surface area (Å²) >= 11 is 0. The first kappa shape index (κ1) is 14.4. The molecule has 2 atom stereocenters. The van der Waals surface area contributed by atoms with Crippen LogP contribution in [0.5, 0.6) is 0 Å². The summed E-state index contributed by atoms with van der Waals surface area (Å²) in [6.45, 7) is 11.6. The molecule has 3 heteroatoms. The molecular formula is C12H24N2O. The van der Waals surface area contributed by atoms with E-state index >= 15 is 0 Å². The Morgan fingerprint density at radius 3 is 2.40 bits per heavy atom. The van der Waals surface area contributed by atoms with Crippen molar-refractivity contribution in [2.75, 3.05) is 13.2 Å². The predicted octanol–water partition coefficient (Wildman–Crippen LogP) is 2.33. The van der Waals surface area contributed by atoms with E-state index in [9.17, 15) is 0 Å². The van der Waals surface area contributed by atoms with Gasteiger partial charge in [0.05, 0.1) is 18.8 Å². The number of rotatable bonds is 7. The van der Waals surface area contributed by atoms with E-state index in [2.05, 4.69) is 32.2 Å². The number of hydrogen-bond acceptors (Lipinski definition) is 3. The molecule has 0 spiro atoms.